The molecule has 4 aromatic rings. The Hall–Kier alpha value is -2.55. The van der Waals surface area contributed by atoms with Crippen molar-refractivity contribution in [3.05, 3.63) is 52.1 Å². The van der Waals surface area contributed by atoms with Crippen LogP contribution in [0.3, 0.4) is 0 Å². The largest absolute Gasteiger partial charge is 0.494 e. The van der Waals surface area contributed by atoms with E-state index in [0.29, 0.717) is 29.7 Å². The molecule has 170 valence electrons. The highest BCUT2D eigenvalue weighted by molar-refractivity contribution is 7.27. The molecule has 5 nitrogen and oxygen atoms in total. The summed E-state index contributed by atoms with van der Waals surface area (Å²) in [6, 6.07) is 7.68. The van der Waals surface area contributed by atoms with Gasteiger partial charge in [0.05, 0.1) is 23.7 Å². The molecule has 0 spiro atoms. The molecule has 0 radical (unpaired) electrons. The number of ketones is 1. The minimum absolute atomic E-state index is 0.0672. The standard InChI is InChI=1S/C25H23FN2O3S2/c1-30-18-3-2-17-23(24(18)26)16-10-15(13-31-19(16)12-27-17)28-7-4-14(5-8-28)25(29)22-11-21-20(33-22)6-9-32-21/h2-3,6,9,11-12,14-15H,4-5,7-8,10,13H2,1H3. The van der Waals surface area contributed by atoms with Crippen molar-refractivity contribution in [3.63, 3.8) is 0 Å². The van der Waals surface area contributed by atoms with Gasteiger partial charge < -0.3 is 9.47 Å². The Labute approximate surface area is 198 Å². The van der Waals surface area contributed by atoms with Crippen molar-refractivity contribution in [2.45, 2.75) is 25.3 Å². The number of pyridine rings is 1. The smallest absolute Gasteiger partial charge is 0.176 e. The van der Waals surface area contributed by atoms with Crippen LogP contribution in [0.15, 0.2) is 35.8 Å². The predicted molar refractivity (Wildman–Crippen MR) is 130 cm³/mol. The number of carbonyl (C=O) groups excluding carboxylic acids is 1. The first-order valence-electron chi connectivity index (χ1n) is 11.1. The Bertz CT molecular complexity index is 1320. The van der Waals surface area contributed by atoms with Gasteiger partial charge >= 0.3 is 0 Å². The molecule has 8 heteroatoms. The Morgan fingerprint density at radius 1 is 1.24 bits per heavy atom. The number of halogens is 1. The molecular formula is C25H23FN2O3S2. The number of hydrogen-bond acceptors (Lipinski definition) is 7. The van der Waals surface area contributed by atoms with Crippen molar-refractivity contribution in [3.8, 4) is 11.5 Å². The van der Waals surface area contributed by atoms with Gasteiger partial charge in [-0.05, 0) is 62.0 Å². The predicted octanol–water partition coefficient (Wildman–Crippen LogP) is 5.56. The Morgan fingerprint density at radius 2 is 2.09 bits per heavy atom. The van der Waals surface area contributed by atoms with Gasteiger partial charge in [-0.25, -0.2) is 4.39 Å². The number of likely N-dealkylation sites (tertiary alicyclic amines) is 1. The lowest BCUT2D eigenvalue weighted by Crippen LogP contribution is -2.47. The van der Waals surface area contributed by atoms with E-state index < -0.39 is 0 Å². The molecule has 0 saturated carbocycles. The van der Waals surface area contributed by atoms with Crippen LogP contribution < -0.4 is 9.47 Å². The van der Waals surface area contributed by atoms with E-state index in [1.165, 1.54) is 16.5 Å². The van der Waals surface area contributed by atoms with E-state index in [4.69, 9.17) is 9.47 Å². The quantitative estimate of drug-likeness (QED) is 0.357. The Kier molecular flexibility index (Phi) is 5.31. The van der Waals surface area contributed by atoms with Crippen molar-refractivity contribution in [2.75, 3.05) is 26.8 Å². The molecule has 3 aromatic heterocycles. The van der Waals surface area contributed by atoms with Gasteiger partial charge in [0, 0.05) is 32.3 Å². The third-order valence-electron chi connectivity index (χ3n) is 6.89. The van der Waals surface area contributed by atoms with Gasteiger partial charge in [0.15, 0.2) is 17.3 Å². The number of carbonyl (C=O) groups is 1. The van der Waals surface area contributed by atoms with Crippen LogP contribution in [0.5, 0.6) is 11.5 Å². The van der Waals surface area contributed by atoms with Gasteiger partial charge in [-0.1, -0.05) is 0 Å². The van der Waals surface area contributed by atoms with Gasteiger partial charge in [-0.2, -0.15) is 0 Å². The number of fused-ring (bicyclic) bond motifs is 4. The maximum absolute atomic E-state index is 15.1. The fourth-order valence-electron chi connectivity index (χ4n) is 5.09. The Balaban J connectivity index is 1.18. The van der Waals surface area contributed by atoms with Crippen molar-refractivity contribution >= 4 is 48.8 Å². The summed E-state index contributed by atoms with van der Waals surface area (Å²) in [4.78, 5) is 20.7. The van der Waals surface area contributed by atoms with Crippen LogP contribution in [-0.4, -0.2) is 48.5 Å². The summed E-state index contributed by atoms with van der Waals surface area (Å²) in [5.41, 5.74) is 1.46. The van der Waals surface area contributed by atoms with Crippen LogP contribution in [0.1, 0.15) is 28.1 Å². The summed E-state index contributed by atoms with van der Waals surface area (Å²) in [6.45, 7) is 2.23. The first kappa shape index (κ1) is 21.0. The van der Waals surface area contributed by atoms with Gasteiger partial charge in [0.2, 0.25) is 0 Å². The third-order valence-corrected chi connectivity index (χ3v) is 9.00. The van der Waals surface area contributed by atoms with Gasteiger partial charge in [0.1, 0.15) is 12.4 Å². The number of Topliss-reactive ketones (excluding diaryl/α,β-unsaturated/α-hetero) is 1. The van der Waals surface area contributed by atoms with E-state index in [9.17, 15) is 4.79 Å². The lowest BCUT2D eigenvalue weighted by Gasteiger charge is -2.39. The molecule has 1 atom stereocenters. The summed E-state index contributed by atoms with van der Waals surface area (Å²) in [5.74, 6) is 0.821. The fraction of sp³-hybridized carbons (Fsp3) is 0.360. The molecule has 6 rings (SSSR count). The van der Waals surface area contributed by atoms with E-state index >= 15 is 4.39 Å². The topological polar surface area (TPSA) is 51.7 Å². The van der Waals surface area contributed by atoms with Gasteiger partial charge in [-0.15, -0.1) is 22.7 Å². The fourth-order valence-corrected chi connectivity index (χ4v) is 7.21. The molecule has 2 aliphatic rings. The first-order chi connectivity index (χ1) is 16.1. The van der Waals surface area contributed by atoms with Crippen LogP contribution in [0.2, 0.25) is 0 Å². The number of hydrogen-bond donors (Lipinski definition) is 0. The summed E-state index contributed by atoms with van der Waals surface area (Å²) in [5, 5.41) is 2.55. The van der Waals surface area contributed by atoms with E-state index in [-0.39, 0.29) is 29.3 Å². The highest BCUT2D eigenvalue weighted by atomic mass is 32.1. The molecule has 0 amide bonds. The molecule has 1 saturated heterocycles. The summed E-state index contributed by atoms with van der Waals surface area (Å²) in [7, 11) is 1.47. The highest BCUT2D eigenvalue weighted by Gasteiger charge is 2.33. The maximum Gasteiger partial charge on any atom is 0.176 e. The number of rotatable bonds is 4. The molecule has 1 unspecified atom stereocenters. The summed E-state index contributed by atoms with van der Waals surface area (Å²) in [6.07, 6.45) is 4.06. The van der Waals surface area contributed by atoms with E-state index in [2.05, 4.69) is 21.3 Å². The number of aromatic nitrogens is 1. The van der Waals surface area contributed by atoms with Crippen LogP contribution in [0.25, 0.3) is 20.3 Å². The lowest BCUT2D eigenvalue weighted by molar-refractivity contribution is 0.0684. The van der Waals surface area contributed by atoms with Crippen LogP contribution in [0.4, 0.5) is 4.39 Å². The van der Waals surface area contributed by atoms with Crippen molar-refractivity contribution in [2.24, 2.45) is 5.92 Å². The molecule has 1 fully saturated rings. The van der Waals surface area contributed by atoms with Crippen LogP contribution in [0, 0.1) is 11.7 Å². The second-order valence-corrected chi connectivity index (χ2v) is 10.7. The number of thiophene rings is 2. The average Bonchev–Trinajstić information content (AvgIpc) is 3.46. The number of ether oxygens (including phenoxy) is 2. The molecule has 0 N–H and O–H groups in total. The average molecular weight is 483 g/mol. The zero-order valence-electron chi connectivity index (χ0n) is 18.2. The second-order valence-electron chi connectivity index (χ2n) is 8.68. The zero-order chi connectivity index (χ0) is 22.5. The van der Waals surface area contributed by atoms with Crippen LogP contribution in [-0.2, 0) is 6.42 Å². The van der Waals surface area contributed by atoms with Gasteiger partial charge in [-0.3, -0.25) is 14.7 Å². The molecular weight excluding hydrogens is 459 g/mol. The number of nitrogens with zero attached hydrogens (tertiary/aromatic N) is 2. The van der Waals surface area contributed by atoms with E-state index in [1.54, 1.807) is 41.0 Å². The maximum atomic E-state index is 15.1. The molecule has 0 aliphatic carbocycles. The third kappa shape index (κ3) is 3.61. The minimum Gasteiger partial charge on any atom is -0.494 e. The summed E-state index contributed by atoms with van der Waals surface area (Å²) >= 11 is 3.29. The normalized spacial score (nSPS) is 19.5. The lowest BCUT2D eigenvalue weighted by atomic mass is 9.89. The Morgan fingerprint density at radius 3 is 2.88 bits per heavy atom. The van der Waals surface area contributed by atoms with Crippen molar-refractivity contribution in [1.82, 2.24) is 9.88 Å². The molecule has 0 bridgehead atoms. The molecule has 33 heavy (non-hydrogen) atoms. The monoisotopic (exact) mass is 482 g/mol. The minimum atomic E-state index is -0.385. The van der Waals surface area contributed by atoms with E-state index in [1.807, 2.05) is 6.07 Å². The number of methoxy groups -OCH3 is 1. The van der Waals surface area contributed by atoms with E-state index in [0.717, 1.165) is 36.4 Å². The van der Waals surface area contributed by atoms with Crippen molar-refractivity contribution in [1.29, 1.82) is 0 Å². The number of piperidine rings is 1. The first-order valence-corrected chi connectivity index (χ1v) is 12.8. The second kappa shape index (κ2) is 8.34. The number of benzene rings is 1. The van der Waals surface area contributed by atoms with Crippen molar-refractivity contribution < 1.29 is 18.7 Å². The SMILES string of the molecule is COc1ccc2ncc3c(c2c1F)CC(N1CCC(C(=O)c2cc4sccc4s2)CC1)CO3. The van der Waals surface area contributed by atoms with Gasteiger partial charge in [0.25, 0.3) is 0 Å². The molecule has 5 heterocycles. The zero-order valence-corrected chi connectivity index (χ0v) is 19.8. The highest BCUT2D eigenvalue weighted by Crippen LogP contribution is 2.37. The molecule has 1 aromatic carbocycles. The summed E-state index contributed by atoms with van der Waals surface area (Å²) < 4.78 is 28.7. The van der Waals surface area contributed by atoms with Crippen LogP contribution >= 0.6 is 22.7 Å². The molecule has 2 aliphatic heterocycles.